The van der Waals surface area contributed by atoms with Crippen molar-refractivity contribution < 1.29 is 4.39 Å². The maximum absolute atomic E-state index is 13.7. The van der Waals surface area contributed by atoms with Crippen molar-refractivity contribution in [1.82, 2.24) is 24.9 Å². The molecule has 0 bridgehead atoms. The van der Waals surface area contributed by atoms with Crippen LogP contribution in [0.5, 0.6) is 0 Å². The number of pyridine rings is 2. The molecule has 3 N–H and O–H groups in total. The number of aromatic nitrogens is 4. The topological polar surface area (TPSA) is 84.9 Å². The molecule has 4 aromatic rings. The fraction of sp³-hybridized carbons (Fsp3) is 0.190. The van der Waals surface area contributed by atoms with Crippen LogP contribution >= 0.6 is 0 Å². The maximum Gasteiger partial charge on any atom is 0.180 e. The summed E-state index contributed by atoms with van der Waals surface area (Å²) in [6, 6.07) is 14.0. The Hall–Kier alpha value is -3.52. The van der Waals surface area contributed by atoms with Crippen molar-refractivity contribution in [1.29, 1.82) is 0 Å². The van der Waals surface area contributed by atoms with Crippen LogP contribution in [-0.4, -0.2) is 45.8 Å². The lowest BCUT2D eigenvalue weighted by Crippen LogP contribution is -2.49. The Morgan fingerprint density at radius 2 is 1.86 bits per heavy atom. The van der Waals surface area contributed by atoms with E-state index < -0.39 is 0 Å². The molecule has 0 atom stereocenters. The number of piperazine rings is 1. The summed E-state index contributed by atoms with van der Waals surface area (Å²) in [5.41, 5.74) is 9.80. The summed E-state index contributed by atoms with van der Waals surface area (Å²) in [4.78, 5) is 13.9. The van der Waals surface area contributed by atoms with Crippen molar-refractivity contribution in [2.75, 3.05) is 36.9 Å². The Balaban J connectivity index is 1.73. The normalized spacial score (nSPS) is 14.4. The van der Waals surface area contributed by atoms with Crippen LogP contribution in [-0.2, 0) is 0 Å². The van der Waals surface area contributed by atoms with Crippen LogP contribution in [0.2, 0.25) is 0 Å². The molecule has 8 heteroatoms. The first-order chi connectivity index (χ1) is 14.2. The van der Waals surface area contributed by atoms with E-state index in [1.807, 2.05) is 35.0 Å². The van der Waals surface area contributed by atoms with Crippen molar-refractivity contribution >= 4 is 17.0 Å². The van der Waals surface area contributed by atoms with E-state index in [1.165, 1.54) is 12.1 Å². The Morgan fingerprint density at radius 3 is 2.66 bits per heavy atom. The van der Waals surface area contributed by atoms with Gasteiger partial charge in [0.05, 0.1) is 11.3 Å². The standard InChI is InChI=1S/C21H20FN7/c22-15-4-1-3-14(13-15)17-6-7-18-21(26-17)29(28-11-9-24-10-12-28)20(27-18)16-5-2-8-25-19(16)23/h1-8,13,24H,9-12H2,(H2,23,25). The summed E-state index contributed by atoms with van der Waals surface area (Å²) in [5, 5.41) is 5.57. The van der Waals surface area contributed by atoms with Crippen molar-refractivity contribution in [2.24, 2.45) is 0 Å². The molecule has 29 heavy (non-hydrogen) atoms. The quantitative estimate of drug-likeness (QED) is 0.560. The molecule has 1 aliphatic heterocycles. The van der Waals surface area contributed by atoms with E-state index in [4.69, 9.17) is 15.7 Å². The molecule has 1 aromatic carbocycles. The number of nitrogens with two attached hydrogens (primary N) is 1. The van der Waals surface area contributed by atoms with E-state index in [0.717, 1.165) is 42.8 Å². The first-order valence-corrected chi connectivity index (χ1v) is 9.53. The molecular formula is C21H20FN7. The molecule has 1 saturated heterocycles. The van der Waals surface area contributed by atoms with Crippen LogP contribution < -0.4 is 16.1 Å². The number of hydrogen-bond donors (Lipinski definition) is 2. The van der Waals surface area contributed by atoms with Gasteiger partial charge in [-0.05, 0) is 36.4 Å². The SMILES string of the molecule is Nc1ncccc1-c1nc2ccc(-c3cccc(F)c3)nc2n1N1CCNCC1. The van der Waals surface area contributed by atoms with Gasteiger partial charge in [-0.25, -0.2) is 24.0 Å². The Kier molecular flexibility index (Phi) is 4.33. The second kappa shape index (κ2) is 7.14. The van der Waals surface area contributed by atoms with Gasteiger partial charge in [-0.3, -0.25) is 0 Å². The fourth-order valence-corrected chi connectivity index (χ4v) is 3.66. The zero-order valence-electron chi connectivity index (χ0n) is 15.7. The molecule has 146 valence electrons. The molecule has 4 heterocycles. The van der Waals surface area contributed by atoms with Gasteiger partial charge in [0.15, 0.2) is 11.5 Å². The number of hydrogen-bond acceptors (Lipinski definition) is 6. The third-order valence-electron chi connectivity index (χ3n) is 5.06. The highest BCUT2D eigenvalue weighted by Gasteiger charge is 2.22. The molecule has 0 unspecified atom stereocenters. The third-order valence-corrected chi connectivity index (χ3v) is 5.06. The van der Waals surface area contributed by atoms with Gasteiger partial charge in [0.1, 0.15) is 17.2 Å². The molecule has 5 rings (SSSR count). The van der Waals surface area contributed by atoms with Crippen molar-refractivity contribution in [3.8, 4) is 22.6 Å². The Morgan fingerprint density at radius 1 is 1.00 bits per heavy atom. The van der Waals surface area contributed by atoms with Gasteiger partial charge >= 0.3 is 0 Å². The predicted molar refractivity (Wildman–Crippen MR) is 111 cm³/mol. The number of halogens is 1. The van der Waals surface area contributed by atoms with E-state index in [9.17, 15) is 4.39 Å². The number of imidazole rings is 1. The summed E-state index contributed by atoms with van der Waals surface area (Å²) in [5.74, 6) is 0.838. The van der Waals surface area contributed by atoms with Crippen LogP contribution in [0.3, 0.4) is 0 Å². The smallest absolute Gasteiger partial charge is 0.180 e. The minimum absolute atomic E-state index is 0.288. The van der Waals surface area contributed by atoms with Crippen LogP contribution in [0.4, 0.5) is 10.2 Å². The van der Waals surface area contributed by atoms with Gasteiger partial charge in [0, 0.05) is 37.9 Å². The van der Waals surface area contributed by atoms with Gasteiger partial charge < -0.3 is 16.1 Å². The summed E-state index contributed by atoms with van der Waals surface area (Å²) < 4.78 is 15.7. The number of benzene rings is 1. The summed E-state index contributed by atoms with van der Waals surface area (Å²) >= 11 is 0. The number of nitrogen functional groups attached to an aromatic ring is 1. The van der Waals surface area contributed by atoms with Crippen molar-refractivity contribution in [3.63, 3.8) is 0 Å². The van der Waals surface area contributed by atoms with Gasteiger partial charge in [-0.1, -0.05) is 12.1 Å². The summed E-state index contributed by atoms with van der Waals surface area (Å²) in [6.45, 7) is 3.35. The molecule has 0 saturated carbocycles. The molecule has 1 aliphatic rings. The molecule has 1 fully saturated rings. The molecule has 0 spiro atoms. The molecule has 0 aliphatic carbocycles. The highest BCUT2D eigenvalue weighted by atomic mass is 19.1. The summed E-state index contributed by atoms with van der Waals surface area (Å²) in [6.07, 6.45) is 1.66. The van der Waals surface area contributed by atoms with E-state index in [-0.39, 0.29) is 5.82 Å². The van der Waals surface area contributed by atoms with Crippen molar-refractivity contribution in [3.05, 3.63) is 60.5 Å². The average Bonchev–Trinajstić information content (AvgIpc) is 3.13. The minimum atomic E-state index is -0.288. The highest BCUT2D eigenvalue weighted by Crippen LogP contribution is 2.29. The van der Waals surface area contributed by atoms with Crippen molar-refractivity contribution in [2.45, 2.75) is 0 Å². The lowest BCUT2D eigenvalue weighted by atomic mass is 10.1. The molecule has 7 nitrogen and oxygen atoms in total. The van der Waals surface area contributed by atoms with Crippen LogP contribution in [0.1, 0.15) is 0 Å². The number of fused-ring (bicyclic) bond motifs is 1. The van der Waals surface area contributed by atoms with Crippen LogP contribution in [0.15, 0.2) is 54.7 Å². The van der Waals surface area contributed by atoms with E-state index in [2.05, 4.69) is 15.3 Å². The van der Waals surface area contributed by atoms with Gasteiger partial charge in [-0.2, -0.15) is 0 Å². The predicted octanol–water partition coefficient (Wildman–Crippen LogP) is 2.42. The number of anilines is 1. The third kappa shape index (κ3) is 3.17. The number of nitrogens with zero attached hydrogens (tertiary/aromatic N) is 5. The molecule has 0 radical (unpaired) electrons. The number of nitrogens with one attached hydrogen (secondary N) is 1. The van der Waals surface area contributed by atoms with Gasteiger partial charge in [-0.15, -0.1) is 0 Å². The highest BCUT2D eigenvalue weighted by molar-refractivity contribution is 5.82. The second-order valence-electron chi connectivity index (χ2n) is 6.94. The molecule has 0 amide bonds. The zero-order valence-corrected chi connectivity index (χ0v) is 15.7. The number of rotatable bonds is 3. The Labute approximate surface area is 167 Å². The monoisotopic (exact) mass is 389 g/mol. The average molecular weight is 389 g/mol. The van der Waals surface area contributed by atoms with Crippen LogP contribution in [0.25, 0.3) is 33.8 Å². The first-order valence-electron chi connectivity index (χ1n) is 9.53. The largest absolute Gasteiger partial charge is 0.383 e. The molecular weight excluding hydrogens is 369 g/mol. The second-order valence-corrected chi connectivity index (χ2v) is 6.94. The lowest BCUT2D eigenvalue weighted by molar-refractivity contribution is 0.499. The molecule has 3 aromatic heterocycles. The maximum atomic E-state index is 13.7. The first kappa shape index (κ1) is 17.6. The zero-order chi connectivity index (χ0) is 19.8. The summed E-state index contributed by atoms with van der Waals surface area (Å²) in [7, 11) is 0. The van der Waals surface area contributed by atoms with E-state index >= 15 is 0 Å². The van der Waals surface area contributed by atoms with Gasteiger partial charge in [0.25, 0.3) is 0 Å². The lowest BCUT2D eigenvalue weighted by Gasteiger charge is -2.31. The minimum Gasteiger partial charge on any atom is -0.383 e. The van der Waals surface area contributed by atoms with E-state index in [0.29, 0.717) is 23.0 Å². The fourth-order valence-electron chi connectivity index (χ4n) is 3.66. The van der Waals surface area contributed by atoms with Crippen LogP contribution in [0, 0.1) is 5.82 Å². The van der Waals surface area contributed by atoms with E-state index in [1.54, 1.807) is 12.3 Å². The van der Waals surface area contributed by atoms with Gasteiger partial charge in [0.2, 0.25) is 0 Å². The Bertz CT molecular complexity index is 1180.